The van der Waals surface area contributed by atoms with Crippen molar-refractivity contribution in [1.82, 2.24) is 4.90 Å². The largest absolute Gasteiger partial charge is 0.325 e. The molecule has 0 radical (unpaired) electrons. The lowest BCUT2D eigenvalue weighted by Crippen LogP contribution is -2.58. The van der Waals surface area contributed by atoms with Crippen LogP contribution in [0.2, 0.25) is 10.0 Å². The van der Waals surface area contributed by atoms with Crippen LogP contribution in [0.25, 0.3) is 0 Å². The van der Waals surface area contributed by atoms with E-state index in [1.54, 1.807) is 28.9 Å². The molecule has 3 rings (SSSR count). The molecule has 1 aliphatic rings. The van der Waals surface area contributed by atoms with Crippen LogP contribution in [-0.2, 0) is 4.79 Å². The molecule has 4 nitrogen and oxygen atoms in total. The van der Waals surface area contributed by atoms with E-state index in [0.717, 1.165) is 16.8 Å². The summed E-state index contributed by atoms with van der Waals surface area (Å²) < 4.78 is 0. The maximum atomic E-state index is 13.0. The number of hydrogen-bond acceptors (Lipinski definition) is 2. The van der Waals surface area contributed by atoms with E-state index in [-0.39, 0.29) is 11.8 Å². The van der Waals surface area contributed by atoms with Gasteiger partial charge in [-0.3, -0.25) is 9.59 Å². The summed E-state index contributed by atoms with van der Waals surface area (Å²) in [4.78, 5) is 29.2. The first-order valence-corrected chi connectivity index (χ1v) is 9.20. The van der Waals surface area contributed by atoms with Crippen LogP contribution >= 0.6 is 23.2 Å². The molecular weight excluding hydrogens is 371 g/mol. The zero-order chi connectivity index (χ0) is 19.0. The number of carbonyl (C=O) groups excluding carboxylic acids is 2. The van der Waals surface area contributed by atoms with E-state index < -0.39 is 6.04 Å². The van der Waals surface area contributed by atoms with Gasteiger partial charge in [0.15, 0.2) is 0 Å². The molecule has 1 heterocycles. The van der Waals surface area contributed by atoms with Crippen LogP contribution in [0.4, 0.5) is 5.69 Å². The van der Waals surface area contributed by atoms with Gasteiger partial charge in [-0.15, -0.1) is 0 Å². The molecule has 0 aliphatic carbocycles. The summed E-state index contributed by atoms with van der Waals surface area (Å²) in [6.07, 6.45) is 0. The number of nitrogens with zero attached hydrogens (tertiary/aromatic N) is 2. The number of piperazine rings is 1. The average molecular weight is 391 g/mol. The van der Waals surface area contributed by atoms with Crippen molar-refractivity contribution in [3.05, 3.63) is 63.1 Å². The number of amides is 2. The number of benzene rings is 2. The number of anilines is 1. The van der Waals surface area contributed by atoms with Gasteiger partial charge in [-0.2, -0.15) is 0 Å². The third-order valence-corrected chi connectivity index (χ3v) is 5.28. The second kappa shape index (κ2) is 7.29. The molecule has 6 heteroatoms. The summed E-state index contributed by atoms with van der Waals surface area (Å²) in [6, 6.07) is 10.2. The molecule has 1 aliphatic heterocycles. The quantitative estimate of drug-likeness (QED) is 0.757. The third kappa shape index (κ3) is 3.44. The Balaban J connectivity index is 1.86. The van der Waals surface area contributed by atoms with Gasteiger partial charge in [-0.05, 0) is 56.2 Å². The lowest BCUT2D eigenvalue weighted by atomic mass is 10.1. The summed E-state index contributed by atoms with van der Waals surface area (Å²) in [5, 5.41) is 0.759. The Kier molecular flexibility index (Phi) is 5.26. The van der Waals surface area contributed by atoms with Gasteiger partial charge in [0.2, 0.25) is 5.91 Å². The Hall–Kier alpha value is -2.04. The Morgan fingerprint density at radius 3 is 2.50 bits per heavy atom. The highest BCUT2D eigenvalue weighted by Crippen LogP contribution is 2.28. The van der Waals surface area contributed by atoms with Crippen LogP contribution in [0, 0.1) is 13.8 Å². The molecule has 2 aromatic rings. The fraction of sp³-hybridized carbons (Fsp3) is 0.300. The zero-order valence-electron chi connectivity index (χ0n) is 14.9. The zero-order valence-corrected chi connectivity index (χ0v) is 16.4. The molecular formula is C20H20Cl2N2O2. The van der Waals surface area contributed by atoms with Crippen LogP contribution in [0.1, 0.15) is 28.4 Å². The van der Waals surface area contributed by atoms with E-state index >= 15 is 0 Å². The van der Waals surface area contributed by atoms with E-state index in [1.807, 2.05) is 32.0 Å². The SMILES string of the molecule is Cc1ccc(C)c(N2CCN(C(=O)c3ccc(Cl)cc3Cl)C(C)C2=O)c1. The summed E-state index contributed by atoms with van der Waals surface area (Å²) in [5.41, 5.74) is 3.39. The first-order valence-electron chi connectivity index (χ1n) is 8.44. The van der Waals surface area contributed by atoms with E-state index in [4.69, 9.17) is 23.2 Å². The molecule has 1 fully saturated rings. The fourth-order valence-corrected chi connectivity index (χ4v) is 3.70. The van der Waals surface area contributed by atoms with E-state index in [9.17, 15) is 9.59 Å². The molecule has 0 aromatic heterocycles. The molecule has 1 unspecified atom stereocenters. The van der Waals surface area contributed by atoms with Crippen molar-refractivity contribution in [2.75, 3.05) is 18.0 Å². The second-order valence-corrected chi connectivity index (χ2v) is 7.42. The molecule has 2 aromatic carbocycles. The minimum absolute atomic E-state index is 0.0941. The Morgan fingerprint density at radius 1 is 1.08 bits per heavy atom. The normalized spacial score (nSPS) is 17.6. The van der Waals surface area contributed by atoms with Crippen molar-refractivity contribution in [2.45, 2.75) is 26.8 Å². The van der Waals surface area contributed by atoms with Crippen LogP contribution in [0.15, 0.2) is 36.4 Å². The molecule has 1 saturated heterocycles. The molecule has 0 saturated carbocycles. The molecule has 0 bridgehead atoms. The van der Waals surface area contributed by atoms with E-state index in [1.165, 1.54) is 6.07 Å². The van der Waals surface area contributed by atoms with Gasteiger partial charge in [0.25, 0.3) is 5.91 Å². The van der Waals surface area contributed by atoms with Crippen molar-refractivity contribution in [3.63, 3.8) is 0 Å². The minimum atomic E-state index is -0.567. The molecule has 0 N–H and O–H groups in total. The molecule has 2 amide bonds. The Labute approximate surface area is 163 Å². The van der Waals surface area contributed by atoms with Gasteiger partial charge >= 0.3 is 0 Å². The smallest absolute Gasteiger partial charge is 0.256 e. The first kappa shape index (κ1) is 18.7. The monoisotopic (exact) mass is 390 g/mol. The summed E-state index contributed by atoms with van der Waals surface area (Å²) in [5.74, 6) is -0.350. The van der Waals surface area contributed by atoms with E-state index in [0.29, 0.717) is 28.7 Å². The maximum Gasteiger partial charge on any atom is 0.256 e. The van der Waals surface area contributed by atoms with Crippen molar-refractivity contribution < 1.29 is 9.59 Å². The molecule has 0 spiro atoms. The predicted molar refractivity (Wildman–Crippen MR) is 105 cm³/mol. The van der Waals surface area contributed by atoms with Gasteiger partial charge < -0.3 is 9.80 Å². The lowest BCUT2D eigenvalue weighted by Gasteiger charge is -2.39. The van der Waals surface area contributed by atoms with Crippen LogP contribution in [0.5, 0.6) is 0 Å². The number of carbonyl (C=O) groups is 2. The van der Waals surface area contributed by atoms with Crippen LogP contribution in [0.3, 0.4) is 0 Å². The van der Waals surface area contributed by atoms with Crippen LogP contribution < -0.4 is 4.90 Å². The highest BCUT2D eigenvalue weighted by molar-refractivity contribution is 6.36. The number of hydrogen-bond donors (Lipinski definition) is 0. The van der Waals surface area contributed by atoms with Crippen molar-refractivity contribution in [1.29, 1.82) is 0 Å². The number of rotatable bonds is 2. The topological polar surface area (TPSA) is 40.6 Å². The highest BCUT2D eigenvalue weighted by Gasteiger charge is 2.36. The molecule has 1 atom stereocenters. The van der Waals surface area contributed by atoms with Gasteiger partial charge in [-0.25, -0.2) is 0 Å². The average Bonchev–Trinajstić information content (AvgIpc) is 2.59. The summed E-state index contributed by atoms with van der Waals surface area (Å²) in [6.45, 7) is 6.63. The first-order chi connectivity index (χ1) is 12.3. The summed E-state index contributed by atoms with van der Waals surface area (Å²) in [7, 11) is 0. The lowest BCUT2D eigenvalue weighted by molar-refractivity contribution is -0.124. The maximum absolute atomic E-state index is 13.0. The summed E-state index contributed by atoms with van der Waals surface area (Å²) >= 11 is 12.1. The standard InChI is InChI=1S/C20H20Cl2N2O2/c1-12-4-5-13(2)18(10-12)24-9-8-23(14(3)19(24)25)20(26)16-7-6-15(21)11-17(16)22/h4-7,10-11,14H,8-9H2,1-3H3. The third-order valence-electron chi connectivity index (χ3n) is 4.73. The number of aryl methyl sites for hydroxylation is 2. The Bertz CT molecular complexity index is 882. The Morgan fingerprint density at radius 2 is 1.81 bits per heavy atom. The fourth-order valence-electron chi connectivity index (χ4n) is 3.21. The highest BCUT2D eigenvalue weighted by atomic mass is 35.5. The van der Waals surface area contributed by atoms with Crippen LogP contribution in [-0.4, -0.2) is 35.8 Å². The molecule has 26 heavy (non-hydrogen) atoms. The van der Waals surface area contributed by atoms with Gasteiger partial charge in [0.1, 0.15) is 6.04 Å². The molecule has 136 valence electrons. The van der Waals surface area contributed by atoms with Crippen molar-refractivity contribution in [2.24, 2.45) is 0 Å². The predicted octanol–water partition coefficient (Wildman–Crippen LogP) is 4.49. The second-order valence-electron chi connectivity index (χ2n) is 6.58. The number of halogens is 2. The van der Waals surface area contributed by atoms with Gasteiger partial charge in [-0.1, -0.05) is 35.3 Å². The van der Waals surface area contributed by atoms with Crippen molar-refractivity contribution in [3.8, 4) is 0 Å². The van der Waals surface area contributed by atoms with Crippen molar-refractivity contribution >= 4 is 40.7 Å². The van der Waals surface area contributed by atoms with Gasteiger partial charge in [0, 0.05) is 23.8 Å². The van der Waals surface area contributed by atoms with E-state index in [2.05, 4.69) is 0 Å². The minimum Gasteiger partial charge on any atom is -0.325 e. The van der Waals surface area contributed by atoms with Gasteiger partial charge in [0.05, 0.1) is 10.6 Å².